The van der Waals surface area contributed by atoms with E-state index in [0.717, 1.165) is 50.6 Å². The number of hydrogen-bond acceptors (Lipinski definition) is 6. The molecule has 0 unspecified atom stereocenters. The molecule has 1 aromatic carbocycles. The predicted octanol–water partition coefficient (Wildman–Crippen LogP) is 1.27. The maximum Gasteiger partial charge on any atom is 0.250 e. The highest BCUT2D eigenvalue weighted by Gasteiger charge is 2.25. The summed E-state index contributed by atoms with van der Waals surface area (Å²) < 4.78 is 7.35. The Balaban J connectivity index is 1.33. The molecule has 0 spiro atoms. The van der Waals surface area contributed by atoms with Gasteiger partial charge in [0.1, 0.15) is 0 Å². The smallest absolute Gasteiger partial charge is 0.250 e. The number of anilines is 1. The molecule has 4 rings (SSSR count). The number of tetrazole rings is 1. The van der Waals surface area contributed by atoms with Gasteiger partial charge in [-0.05, 0) is 41.8 Å². The first-order valence-corrected chi connectivity index (χ1v) is 9.29. The summed E-state index contributed by atoms with van der Waals surface area (Å²) in [5.74, 6) is 0.949. The standard InChI is InChI=1S/C18H24N6O2/c25-17(9-8-16-7-4-14-26-16)22-10-12-23(13-11-22)18-19-20-21-24(18)15-5-2-1-3-6-15/h1-3,5-6,16H,4,7-14H2/t16-/m1/s1. The SMILES string of the molecule is O=C(CC[C@H]1CCCO1)N1CCN(c2nnnn2-c2ccccc2)CC1. The van der Waals surface area contributed by atoms with E-state index < -0.39 is 0 Å². The van der Waals surface area contributed by atoms with Gasteiger partial charge in [0.2, 0.25) is 11.9 Å². The van der Waals surface area contributed by atoms with Crippen LogP contribution in [0.3, 0.4) is 0 Å². The molecule has 1 amide bonds. The van der Waals surface area contributed by atoms with Crippen molar-refractivity contribution < 1.29 is 9.53 Å². The molecule has 3 heterocycles. The average molecular weight is 356 g/mol. The number of benzene rings is 1. The summed E-state index contributed by atoms with van der Waals surface area (Å²) in [4.78, 5) is 16.5. The third-order valence-electron chi connectivity index (χ3n) is 5.07. The van der Waals surface area contributed by atoms with E-state index in [9.17, 15) is 4.79 Å². The molecular weight excluding hydrogens is 332 g/mol. The molecule has 26 heavy (non-hydrogen) atoms. The number of nitrogens with zero attached hydrogens (tertiary/aromatic N) is 6. The maximum atomic E-state index is 12.4. The number of carbonyl (C=O) groups is 1. The van der Waals surface area contributed by atoms with Gasteiger partial charge >= 0.3 is 0 Å². The van der Waals surface area contributed by atoms with Crippen molar-refractivity contribution in [1.29, 1.82) is 0 Å². The fraction of sp³-hybridized carbons (Fsp3) is 0.556. The normalized spacial score (nSPS) is 20.5. The summed E-state index contributed by atoms with van der Waals surface area (Å²) in [5.41, 5.74) is 0.933. The zero-order valence-electron chi connectivity index (χ0n) is 14.8. The number of para-hydroxylation sites is 1. The van der Waals surface area contributed by atoms with E-state index >= 15 is 0 Å². The Hall–Kier alpha value is -2.48. The molecule has 2 aliphatic heterocycles. The molecule has 2 fully saturated rings. The van der Waals surface area contributed by atoms with Crippen molar-refractivity contribution in [3.63, 3.8) is 0 Å². The molecule has 1 atom stereocenters. The molecule has 2 aromatic rings. The molecule has 2 aliphatic rings. The highest BCUT2D eigenvalue weighted by molar-refractivity contribution is 5.76. The lowest BCUT2D eigenvalue weighted by Gasteiger charge is -2.35. The number of rotatable bonds is 5. The van der Waals surface area contributed by atoms with E-state index in [1.165, 1.54) is 0 Å². The van der Waals surface area contributed by atoms with Crippen molar-refractivity contribution >= 4 is 11.9 Å². The van der Waals surface area contributed by atoms with Gasteiger partial charge < -0.3 is 14.5 Å². The molecule has 0 saturated carbocycles. The molecule has 8 nitrogen and oxygen atoms in total. The Morgan fingerprint density at radius 1 is 1.15 bits per heavy atom. The molecule has 0 bridgehead atoms. The molecule has 0 radical (unpaired) electrons. The van der Waals surface area contributed by atoms with Gasteiger partial charge in [0, 0.05) is 39.2 Å². The summed E-state index contributed by atoms with van der Waals surface area (Å²) in [6.07, 6.45) is 3.89. The van der Waals surface area contributed by atoms with E-state index in [1.54, 1.807) is 4.68 Å². The molecule has 138 valence electrons. The van der Waals surface area contributed by atoms with Crippen LogP contribution in [-0.4, -0.2) is 69.9 Å². The van der Waals surface area contributed by atoms with Crippen LogP contribution < -0.4 is 4.90 Å². The number of aromatic nitrogens is 4. The van der Waals surface area contributed by atoms with Crippen LogP contribution in [0.25, 0.3) is 5.69 Å². The van der Waals surface area contributed by atoms with E-state index in [1.807, 2.05) is 35.2 Å². The van der Waals surface area contributed by atoms with Crippen LogP contribution in [0.5, 0.6) is 0 Å². The second-order valence-corrected chi connectivity index (χ2v) is 6.77. The first kappa shape index (κ1) is 17.0. The van der Waals surface area contributed by atoms with E-state index in [0.29, 0.717) is 19.5 Å². The van der Waals surface area contributed by atoms with Crippen molar-refractivity contribution in [2.45, 2.75) is 31.8 Å². The minimum Gasteiger partial charge on any atom is -0.378 e. The lowest BCUT2D eigenvalue weighted by Crippen LogP contribution is -2.49. The highest BCUT2D eigenvalue weighted by atomic mass is 16.5. The van der Waals surface area contributed by atoms with E-state index in [2.05, 4.69) is 20.4 Å². The van der Waals surface area contributed by atoms with Crippen LogP contribution in [0.15, 0.2) is 30.3 Å². The number of ether oxygens (including phenoxy) is 1. The lowest BCUT2D eigenvalue weighted by molar-refractivity contribution is -0.132. The van der Waals surface area contributed by atoms with Gasteiger partial charge in [0.05, 0.1) is 11.8 Å². The zero-order valence-corrected chi connectivity index (χ0v) is 14.8. The van der Waals surface area contributed by atoms with Gasteiger partial charge in [0.15, 0.2) is 0 Å². The molecule has 2 saturated heterocycles. The van der Waals surface area contributed by atoms with Crippen LogP contribution in [0.2, 0.25) is 0 Å². The summed E-state index contributed by atoms with van der Waals surface area (Å²) in [6, 6.07) is 9.85. The fourth-order valence-electron chi connectivity index (χ4n) is 3.59. The number of carbonyl (C=O) groups excluding carboxylic acids is 1. The molecule has 0 aliphatic carbocycles. The Morgan fingerprint density at radius 2 is 1.96 bits per heavy atom. The van der Waals surface area contributed by atoms with Gasteiger partial charge in [-0.15, -0.1) is 0 Å². The largest absolute Gasteiger partial charge is 0.378 e. The summed E-state index contributed by atoms with van der Waals surface area (Å²) >= 11 is 0. The van der Waals surface area contributed by atoms with Crippen LogP contribution >= 0.6 is 0 Å². The second kappa shape index (κ2) is 7.82. The zero-order chi connectivity index (χ0) is 17.8. The topological polar surface area (TPSA) is 76.4 Å². The summed E-state index contributed by atoms with van der Waals surface area (Å²) in [5, 5.41) is 12.1. The monoisotopic (exact) mass is 356 g/mol. The summed E-state index contributed by atoms with van der Waals surface area (Å²) in [6.45, 7) is 3.71. The Morgan fingerprint density at radius 3 is 2.69 bits per heavy atom. The average Bonchev–Trinajstić information content (AvgIpc) is 3.39. The highest BCUT2D eigenvalue weighted by Crippen LogP contribution is 2.19. The van der Waals surface area contributed by atoms with Gasteiger partial charge in [0.25, 0.3) is 0 Å². The Bertz CT molecular complexity index is 720. The van der Waals surface area contributed by atoms with Crippen molar-refractivity contribution in [2.24, 2.45) is 0 Å². The molecular formula is C18H24N6O2. The second-order valence-electron chi connectivity index (χ2n) is 6.77. The lowest BCUT2D eigenvalue weighted by atomic mass is 10.1. The van der Waals surface area contributed by atoms with Crippen LogP contribution in [0, 0.1) is 0 Å². The first-order chi connectivity index (χ1) is 12.8. The Kier molecular flexibility index (Phi) is 5.10. The quantitative estimate of drug-likeness (QED) is 0.803. The number of piperazine rings is 1. The molecule has 0 N–H and O–H groups in total. The van der Waals surface area contributed by atoms with E-state index in [-0.39, 0.29) is 12.0 Å². The van der Waals surface area contributed by atoms with Crippen LogP contribution in [0.1, 0.15) is 25.7 Å². The Labute approximate surface area is 152 Å². The van der Waals surface area contributed by atoms with Gasteiger partial charge in [-0.25, -0.2) is 0 Å². The van der Waals surface area contributed by atoms with Gasteiger partial charge in [-0.1, -0.05) is 23.3 Å². The number of hydrogen-bond donors (Lipinski definition) is 0. The molecule has 1 aromatic heterocycles. The molecule has 8 heteroatoms. The minimum atomic E-state index is 0.225. The summed E-state index contributed by atoms with van der Waals surface area (Å²) in [7, 11) is 0. The maximum absolute atomic E-state index is 12.4. The number of amides is 1. The van der Waals surface area contributed by atoms with Gasteiger partial charge in [-0.3, -0.25) is 4.79 Å². The first-order valence-electron chi connectivity index (χ1n) is 9.29. The van der Waals surface area contributed by atoms with Gasteiger partial charge in [-0.2, -0.15) is 4.68 Å². The fourth-order valence-corrected chi connectivity index (χ4v) is 3.59. The van der Waals surface area contributed by atoms with Crippen molar-refractivity contribution in [3.05, 3.63) is 30.3 Å². The van der Waals surface area contributed by atoms with E-state index in [4.69, 9.17) is 4.74 Å². The predicted molar refractivity (Wildman–Crippen MR) is 96.2 cm³/mol. The minimum absolute atomic E-state index is 0.225. The van der Waals surface area contributed by atoms with Crippen LogP contribution in [-0.2, 0) is 9.53 Å². The van der Waals surface area contributed by atoms with Crippen molar-refractivity contribution in [2.75, 3.05) is 37.7 Å². The van der Waals surface area contributed by atoms with Crippen molar-refractivity contribution in [3.8, 4) is 5.69 Å². The van der Waals surface area contributed by atoms with Crippen molar-refractivity contribution in [1.82, 2.24) is 25.1 Å². The third-order valence-corrected chi connectivity index (χ3v) is 5.07. The van der Waals surface area contributed by atoms with Crippen LogP contribution in [0.4, 0.5) is 5.95 Å². The third kappa shape index (κ3) is 3.70.